The van der Waals surface area contributed by atoms with Gasteiger partial charge in [-0.25, -0.2) is 0 Å². The molecule has 0 aliphatic rings. The van der Waals surface area contributed by atoms with Gasteiger partial charge in [-0.05, 0) is 38.5 Å². The Labute approximate surface area is 124 Å². The number of aldehydes is 1. The summed E-state index contributed by atoms with van der Waals surface area (Å²) in [7, 11) is 3.13. The SMILES string of the molecule is COc1cc(C=O)c(-c2cn(C(C)C)nc2C)cc1OC. The molecule has 5 nitrogen and oxygen atoms in total. The van der Waals surface area contributed by atoms with Crippen LogP contribution in [0.3, 0.4) is 0 Å². The van der Waals surface area contributed by atoms with E-state index in [0.29, 0.717) is 17.1 Å². The van der Waals surface area contributed by atoms with Crippen LogP contribution in [0.4, 0.5) is 0 Å². The van der Waals surface area contributed by atoms with Crippen molar-refractivity contribution in [3.05, 3.63) is 29.6 Å². The van der Waals surface area contributed by atoms with E-state index in [1.54, 1.807) is 20.3 Å². The first-order valence-corrected chi connectivity index (χ1v) is 6.79. The Morgan fingerprint density at radius 1 is 1.14 bits per heavy atom. The summed E-state index contributed by atoms with van der Waals surface area (Å²) >= 11 is 0. The Balaban J connectivity index is 2.64. The zero-order valence-corrected chi connectivity index (χ0v) is 13.0. The highest BCUT2D eigenvalue weighted by Crippen LogP contribution is 2.36. The largest absolute Gasteiger partial charge is 0.493 e. The molecule has 21 heavy (non-hydrogen) atoms. The number of hydrogen-bond donors (Lipinski definition) is 0. The van der Waals surface area contributed by atoms with Crippen molar-refractivity contribution in [1.82, 2.24) is 9.78 Å². The maximum atomic E-state index is 11.4. The summed E-state index contributed by atoms with van der Waals surface area (Å²) in [6.07, 6.45) is 2.78. The van der Waals surface area contributed by atoms with Gasteiger partial charge in [-0.3, -0.25) is 9.48 Å². The molecule has 0 N–H and O–H groups in total. The Hall–Kier alpha value is -2.30. The number of hydrogen-bond acceptors (Lipinski definition) is 4. The van der Waals surface area contributed by atoms with E-state index in [2.05, 4.69) is 18.9 Å². The van der Waals surface area contributed by atoms with Crippen molar-refractivity contribution < 1.29 is 14.3 Å². The van der Waals surface area contributed by atoms with Gasteiger partial charge in [0.2, 0.25) is 0 Å². The number of rotatable bonds is 5. The van der Waals surface area contributed by atoms with Crippen LogP contribution in [0.15, 0.2) is 18.3 Å². The molecular weight excluding hydrogens is 268 g/mol. The average molecular weight is 288 g/mol. The minimum absolute atomic E-state index is 0.261. The Kier molecular flexibility index (Phi) is 4.31. The van der Waals surface area contributed by atoms with Crippen LogP contribution < -0.4 is 9.47 Å². The number of ether oxygens (including phenoxy) is 2. The van der Waals surface area contributed by atoms with Crippen LogP contribution in [0.5, 0.6) is 11.5 Å². The topological polar surface area (TPSA) is 53.4 Å². The van der Waals surface area contributed by atoms with Gasteiger partial charge < -0.3 is 9.47 Å². The molecule has 112 valence electrons. The van der Waals surface area contributed by atoms with Gasteiger partial charge >= 0.3 is 0 Å². The van der Waals surface area contributed by atoms with Crippen molar-refractivity contribution in [3.63, 3.8) is 0 Å². The minimum atomic E-state index is 0.261. The first-order valence-electron chi connectivity index (χ1n) is 6.79. The lowest BCUT2D eigenvalue weighted by atomic mass is 10.00. The molecule has 0 aliphatic carbocycles. The summed E-state index contributed by atoms with van der Waals surface area (Å²) in [6, 6.07) is 3.77. The molecular formula is C16H20N2O3. The monoisotopic (exact) mass is 288 g/mol. The van der Waals surface area contributed by atoms with E-state index in [1.807, 2.05) is 23.9 Å². The molecule has 5 heteroatoms. The lowest BCUT2D eigenvalue weighted by molar-refractivity contribution is 0.112. The second-order valence-corrected chi connectivity index (χ2v) is 5.11. The van der Waals surface area contributed by atoms with E-state index in [1.165, 1.54) is 0 Å². The maximum absolute atomic E-state index is 11.4. The predicted octanol–water partition coefficient (Wildman–Crippen LogP) is 3.27. The molecule has 1 aromatic heterocycles. The first-order chi connectivity index (χ1) is 10.0. The predicted molar refractivity (Wildman–Crippen MR) is 81.3 cm³/mol. The fourth-order valence-electron chi connectivity index (χ4n) is 2.24. The van der Waals surface area contributed by atoms with Crippen LogP contribution in [-0.2, 0) is 0 Å². The summed E-state index contributed by atoms with van der Waals surface area (Å²) in [5.74, 6) is 1.13. The van der Waals surface area contributed by atoms with Crippen LogP contribution in [-0.4, -0.2) is 30.3 Å². The van der Waals surface area contributed by atoms with E-state index in [4.69, 9.17) is 9.47 Å². The van der Waals surface area contributed by atoms with Crippen molar-refractivity contribution >= 4 is 6.29 Å². The number of aryl methyl sites for hydroxylation is 1. The fourth-order valence-corrected chi connectivity index (χ4v) is 2.24. The van der Waals surface area contributed by atoms with Gasteiger partial charge in [0.05, 0.1) is 19.9 Å². The van der Waals surface area contributed by atoms with Gasteiger partial charge in [0.1, 0.15) is 0 Å². The molecule has 0 saturated carbocycles. The van der Waals surface area contributed by atoms with E-state index < -0.39 is 0 Å². The number of aromatic nitrogens is 2. The van der Waals surface area contributed by atoms with Crippen molar-refractivity contribution in [3.8, 4) is 22.6 Å². The quantitative estimate of drug-likeness (QED) is 0.792. The van der Waals surface area contributed by atoms with Crippen LogP contribution in [0.25, 0.3) is 11.1 Å². The molecule has 2 aromatic rings. The van der Waals surface area contributed by atoms with Crippen LogP contribution in [0, 0.1) is 6.92 Å². The van der Waals surface area contributed by atoms with Crippen molar-refractivity contribution in [2.45, 2.75) is 26.8 Å². The van der Waals surface area contributed by atoms with E-state index >= 15 is 0 Å². The number of methoxy groups -OCH3 is 2. The molecule has 0 radical (unpaired) electrons. The van der Waals surface area contributed by atoms with E-state index in [-0.39, 0.29) is 6.04 Å². The van der Waals surface area contributed by atoms with Gasteiger partial charge in [-0.2, -0.15) is 5.10 Å². The highest BCUT2D eigenvalue weighted by molar-refractivity contribution is 5.89. The second kappa shape index (κ2) is 5.99. The molecule has 0 aliphatic heterocycles. The maximum Gasteiger partial charge on any atom is 0.161 e. The molecule has 0 bridgehead atoms. The Morgan fingerprint density at radius 2 is 1.76 bits per heavy atom. The summed E-state index contributed by atoms with van der Waals surface area (Å²) in [6.45, 7) is 6.05. The zero-order chi connectivity index (χ0) is 15.6. The molecule has 0 spiro atoms. The van der Waals surface area contributed by atoms with Gasteiger partial charge in [0, 0.05) is 23.4 Å². The summed E-state index contributed by atoms with van der Waals surface area (Å²) in [4.78, 5) is 11.4. The number of nitrogens with zero attached hydrogens (tertiary/aromatic N) is 2. The Morgan fingerprint density at radius 3 is 2.24 bits per heavy atom. The summed E-state index contributed by atoms with van der Waals surface area (Å²) in [5.41, 5.74) is 3.15. The van der Waals surface area contributed by atoms with E-state index in [9.17, 15) is 4.79 Å². The molecule has 0 unspecified atom stereocenters. The zero-order valence-electron chi connectivity index (χ0n) is 13.0. The number of benzene rings is 1. The van der Waals surface area contributed by atoms with E-state index in [0.717, 1.165) is 23.1 Å². The smallest absolute Gasteiger partial charge is 0.161 e. The summed E-state index contributed by atoms with van der Waals surface area (Å²) < 4.78 is 12.4. The fraction of sp³-hybridized carbons (Fsp3) is 0.375. The standard InChI is InChI=1S/C16H20N2O3/c1-10(2)18-8-14(11(3)17-18)13-7-16(21-5)15(20-4)6-12(13)9-19/h6-10H,1-5H3. The van der Waals surface area contributed by atoms with Crippen LogP contribution >= 0.6 is 0 Å². The van der Waals surface area contributed by atoms with Gasteiger partial charge in [-0.1, -0.05) is 0 Å². The normalized spacial score (nSPS) is 10.8. The first kappa shape index (κ1) is 15.1. The average Bonchev–Trinajstić information content (AvgIpc) is 2.87. The van der Waals surface area contributed by atoms with Gasteiger partial charge in [0.15, 0.2) is 17.8 Å². The second-order valence-electron chi connectivity index (χ2n) is 5.11. The molecule has 0 atom stereocenters. The summed E-state index contributed by atoms with van der Waals surface area (Å²) in [5, 5.41) is 4.49. The molecule has 1 aromatic carbocycles. The van der Waals surface area contributed by atoms with Crippen molar-refractivity contribution in [2.24, 2.45) is 0 Å². The highest BCUT2D eigenvalue weighted by atomic mass is 16.5. The van der Waals surface area contributed by atoms with Crippen LogP contribution in [0.2, 0.25) is 0 Å². The van der Waals surface area contributed by atoms with Crippen molar-refractivity contribution in [2.75, 3.05) is 14.2 Å². The van der Waals surface area contributed by atoms with Gasteiger partial charge in [-0.15, -0.1) is 0 Å². The lowest BCUT2D eigenvalue weighted by Gasteiger charge is -2.11. The third-order valence-corrected chi connectivity index (χ3v) is 3.42. The number of carbonyl (C=O) groups excluding carboxylic acids is 1. The molecule has 1 heterocycles. The molecule has 2 rings (SSSR count). The third kappa shape index (κ3) is 2.77. The minimum Gasteiger partial charge on any atom is -0.493 e. The van der Waals surface area contributed by atoms with Gasteiger partial charge in [0.25, 0.3) is 0 Å². The molecule has 0 amide bonds. The van der Waals surface area contributed by atoms with Crippen LogP contribution in [0.1, 0.15) is 35.9 Å². The third-order valence-electron chi connectivity index (χ3n) is 3.42. The Bertz CT molecular complexity index is 660. The molecule has 0 fully saturated rings. The van der Waals surface area contributed by atoms with Crippen molar-refractivity contribution in [1.29, 1.82) is 0 Å². The number of carbonyl (C=O) groups is 1. The molecule has 0 saturated heterocycles. The highest BCUT2D eigenvalue weighted by Gasteiger charge is 2.16. The lowest BCUT2D eigenvalue weighted by Crippen LogP contribution is -2.00.